The first-order valence-corrected chi connectivity index (χ1v) is 13.3. The van der Waals surface area contributed by atoms with Crippen molar-refractivity contribution in [2.45, 2.75) is 90.2 Å². The van der Waals surface area contributed by atoms with Crippen molar-refractivity contribution in [2.75, 3.05) is 19.7 Å². The Morgan fingerprint density at radius 2 is 1.97 bits per heavy atom. The maximum absolute atomic E-state index is 13.2. The Balaban J connectivity index is 1.64. The number of benzene rings is 1. The van der Waals surface area contributed by atoms with E-state index in [-0.39, 0.29) is 36.5 Å². The number of rotatable bonds is 10. The number of carbonyl (C=O) groups is 2. The van der Waals surface area contributed by atoms with Gasteiger partial charge < -0.3 is 15.0 Å². The summed E-state index contributed by atoms with van der Waals surface area (Å²) >= 11 is 6.24. The molecule has 184 valence electrons. The Labute approximate surface area is 204 Å². The Kier molecular flexibility index (Phi) is 10.5. The molecule has 0 radical (unpaired) electrons. The second kappa shape index (κ2) is 13.3. The van der Waals surface area contributed by atoms with Crippen molar-refractivity contribution in [1.29, 1.82) is 0 Å². The Morgan fingerprint density at radius 3 is 2.67 bits per heavy atom. The first-order chi connectivity index (χ1) is 16.0. The molecule has 3 rings (SSSR count). The van der Waals surface area contributed by atoms with Crippen molar-refractivity contribution in [2.24, 2.45) is 11.8 Å². The van der Waals surface area contributed by atoms with Gasteiger partial charge in [-0.3, -0.25) is 4.79 Å². The van der Waals surface area contributed by atoms with Crippen LogP contribution in [0, 0.1) is 11.8 Å². The number of Topliss-reactive ketones (excluding diaryl/α,β-unsaturated/α-hetero) is 1. The number of ether oxygens (including phenoxy) is 1. The summed E-state index contributed by atoms with van der Waals surface area (Å²) in [5.74, 6) is 0.875. The van der Waals surface area contributed by atoms with Crippen LogP contribution in [0.15, 0.2) is 24.3 Å². The molecule has 33 heavy (non-hydrogen) atoms. The van der Waals surface area contributed by atoms with E-state index < -0.39 is 0 Å². The van der Waals surface area contributed by atoms with Gasteiger partial charge in [-0.1, -0.05) is 69.2 Å². The summed E-state index contributed by atoms with van der Waals surface area (Å²) in [5.41, 5.74) is 0.970. The minimum absolute atomic E-state index is 0.00226. The highest BCUT2D eigenvalue weighted by atomic mass is 35.5. The molecule has 0 spiro atoms. The lowest BCUT2D eigenvalue weighted by atomic mass is 9.84. The fourth-order valence-electron chi connectivity index (χ4n) is 5.53. The lowest BCUT2D eigenvalue weighted by Gasteiger charge is -2.38. The average molecular weight is 477 g/mol. The number of nitrogens with one attached hydrogen (secondary N) is 1. The first kappa shape index (κ1) is 26.0. The molecule has 1 aromatic carbocycles. The molecule has 0 unspecified atom stereocenters. The second-order valence-corrected chi connectivity index (χ2v) is 10.4. The minimum Gasteiger partial charge on any atom is -0.365 e. The average Bonchev–Trinajstić information content (AvgIpc) is 2.80. The summed E-state index contributed by atoms with van der Waals surface area (Å²) in [6.45, 7) is 5.19. The molecule has 1 saturated heterocycles. The molecule has 1 saturated carbocycles. The quantitative estimate of drug-likeness (QED) is 0.416. The van der Waals surface area contributed by atoms with E-state index in [9.17, 15) is 9.59 Å². The van der Waals surface area contributed by atoms with Gasteiger partial charge in [-0.25, -0.2) is 4.79 Å². The van der Waals surface area contributed by atoms with Crippen LogP contribution < -0.4 is 5.32 Å². The maximum atomic E-state index is 13.2. The molecule has 0 bridgehead atoms. The topological polar surface area (TPSA) is 58.6 Å². The van der Waals surface area contributed by atoms with Gasteiger partial charge in [-0.2, -0.15) is 0 Å². The third kappa shape index (κ3) is 8.29. The van der Waals surface area contributed by atoms with Crippen molar-refractivity contribution in [3.63, 3.8) is 0 Å². The molecular formula is C27H41ClN2O3. The van der Waals surface area contributed by atoms with Crippen molar-refractivity contribution < 1.29 is 14.3 Å². The van der Waals surface area contributed by atoms with Crippen LogP contribution in [-0.2, 0) is 9.53 Å². The number of halogens is 1. The van der Waals surface area contributed by atoms with E-state index in [2.05, 4.69) is 12.2 Å². The van der Waals surface area contributed by atoms with Crippen LogP contribution in [0.5, 0.6) is 0 Å². The normalized spacial score (nSPS) is 21.4. The van der Waals surface area contributed by atoms with Crippen molar-refractivity contribution in [1.82, 2.24) is 10.2 Å². The van der Waals surface area contributed by atoms with Crippen molar-refractivity contribution in [3.8, 4) is 0 Å². The highest BCUT2D eigenvalue weighted by molar-refractivity contribution is 6.30. The van der Waals surface area contributed by atoms with E-state index in [1.54, 1.807) is 0 Å². The molecule has 1 heterocycles. The fraction of sp³-hybridized carbons (Fsp3) is 0.704. The molecule has 2 amide bonds. The van der Waals surface area contributed by atoms with Gasteiger partial charge in [-0.15, -0.1) is 0 Å². The van der Waals surface area contributed by atoms with Crippen molar-refractivity contribution >= 4 is 23.4 Å². The Morgan fingerprint density at radius 1 is 1.18 bits per heavy atom. The van der Waals surface area contributed by atoms with Gasteiger partial charge >= 0.3 is 6.03 Å². The predicted octanol–water partition coefficient (Wildman–Crippen LogP) is 6.55. The van der Waals surface area contributed by atoms with E-state index in [0.29, 0.717) is 11.6 Å². The van der Waals surface area contributed by atoms with Gasteiger partial charge in [0.1, 0.15) is 6.61 Å². The number of amides is 2. The first-order valence-electron chi connectivity index (χ1n) is 12.9. The fourth-order valence-corrected chi connectivity index (χ4v) is 5.72. The molecule has 5 nitrogen and oxygen atoms in total. The molecule has 6 heteroatoms. The standard InChI is InChI=1S/C27H41ClN2O3/c1-3-9-25(16-21-10-5-4-6-11-21)29-27(32)30-15-8-13-23(18-30)26(33-19-20(2)31)22-12-7-14-24(28)17-22/h7,12,14,17,21,23,25-26H,3-6,8-11,13,15-16,18-19H2,1-2H3,(H,29,32)/t23-,25-,26+/m1/s1. The molecular weight excluding hydrogens is 436 g/mol. The zero-order chi connectivity index (χ0) is 23.6. The smallest absolute Gasteiger partial charge is 0.317 e. The number of piperidine rings is 1. The molecule has 2 aliphatic rings. The summed E-state index contributed by atoms with van der Waals surface area (Å²) in [6, 6.07) is 7.96. The van der Waals surface area contributed by atoms with E-state index >= 15 is 0 Å². The monoisotopic (exact) mass is 476 g/mol. The van der Waals surface area contributed by atoms with Gasteiger partial charge in [0.2, 0.25) is 0 Å². The minimum atomic E-state index is -0.253. The highest BCUT2D eigenvalue weighted by Gasteiger charge is 2.32. The predicted molar refractivity (Wildman–Crippen MR) is 134 cm³/mol. The number of hydrogen-bond acceptors (Lipinski definition) is 3. The largest absolute Gasteiger partial charge is 0.365 e. The molecule has 0 aromatic heterocycles. The van der Waals surface area contributed by atoms with Gasteiger partial charge in [-0.05, 0) is 56.2 Å². The Hall–Kier alpha value is -1.59. The number of nitrogens with zero attached hydrogens (tertiary/aromatic N) is 1. The molecule has 2 fully saturated rings. The van der Waals surface area contributed by atoms with Crippen LogP contribution in [0.1, 0.15) is 89.7 Å². The number of carbonyl (C=O) groups excluding carboxylic acids is 2. The number of hydrogen-bond donors (Lipinski definition) is 1. The lowest BCUT2D eigenvalue weighted by Crippen LogP contribution is -2.50. The molecule has 1 aliphatic heterocycles. The van der Waals surface area contributed by atoms with Crippen LogP contribution in [-0.4, -0.2) is 42.5 Å². The van der Waals surface area contributed by atoms with Crippen LogP contribution in [0.25, 0.3) is 0 Å². The van der Waals surface area contributed by atoms with E-state index in [4.69, 9.17) is 16.3 Å². The van der Waals surface area contributed by atoms with Gasteiger partial charge in [0.15, 0.2) is 5.78 Å². The maximum Gasteiger partial charge on any atom is 0.317 e. The Bertz CT molecular complexity index is 765. The van der Waals surface area contributed by atoms with E-state index in [1.165, 1.54) is 39.0 Å². The molecule has 1 N–H and O–H groups in total. The van der Waals surface area contributed by atoms with Crippen LogP contribution in [0.4, 0.5) is 4.79 Å². The molecule has 1 aromatic rings. The van der Waals surface area contributed by atoms with Crippen molar-refractivity contribution in [3.05, 3.63) is 34.9 Å². The molecule has 1 aliphatic carbocycles. The zero-order valence-electron chi connectivity index (χ0n) is 20.4. The summed E-state index contributed by atoms with van der Waals surface area (Å²) < 4.78 is 6.07. The van der Waals surface area contributed by atoms with E-state index in [0.717, 1.165) is 50.1 Å². The second-order valence-electron chi connectivity index (χ2n) is 10.0. The third-order valence-electron chi connectivity index (χ3n) is 7.12. The summed E-state index contributed by atoms with van der Waals surface area (Å²) in [4.78, 5) is 26.8. The summed E-state index contributed by atoms with van der Waals surface area (Å²) in [7, 11) is 0. The zero-order valence-corrected chi connectivity index (χ0v) is 21.1. The van der Waals surface area contributed by atoms with Crippen LogP contribution in [0.3, 0.4) is 0 Å². The van der Waals surface area contributed by atoms with Crippen LogP contribution in [0.2, 0.25) is 5.02 Å². The van der Waals surface area contributed by atoms with Gasteiger partial charge in [0, 0.05) is 30.1 Å². The lowest BCUT2D eigenvalue weighted by molar-refractivity contribution is -0.125. The number of ketones is 1. The molecule has 3 atom stereocenters. The highest BCUT2D eigenvalue weighted by Crippen LogP contribution is 2.34. The summed E-state index contributed by atoms with van der Waals surface area (Å²) in [6.07, 6.45) is 11.5. The van der Waals surface area contributed by atoms with Gasteiger partial charge in [0.05, 0.1) is 6.10 Å². The SMILES string of the molecule is CCC[C@H](CC1CCCCC1)NC(=O)N1CCC[C@@H]([C@@H](OCC(C)=O)c2cccc(Cl)c2)C1. The van der Waals surface area contributed by atoms with Crippen LogP contribution >= 0.6 is 11.6 Å². The summed E-state index contributed by atoms with van der Waals surface area (Å²) in [5, 5.41) is 4.02. The number of urea groups is 1. The van der Waals surface area contributed by atoms with Gasteiger partial charge in [0.25, 0.3) is 0 Å². The van der Waals surface area contributed by atoms with E-state index in [1.807, 2.05) is 29.2 Å². The third-order valence-corrected chi connectivity index (χ3v) is 7.36. The number of likely N-dealkylation sites (tertiary alicyclic amines) is 1.